The van der Waals surface area contributed by atoms with Crippen molar-refractivity contribution in [1.29, 1.82) is 0 Å². The van der Waals surface area contributed by atoms with E-state index in [1.807, 2.05) is 0 Å². The Morgan fingerprint density at radius 1 is 1.12 bits per heavy atom. The van der Waals surface area contributed by atoms with E-state index in [1.54, 1.807) is 6.92 Å². The fourth-order valence-electron chi connectivity index (χ4n) is 2.05. The molecule has 0 bridgehead atoms. The SMILES string of the molecule is Cc1cn(-c2ccc3c(c2)OC(F)(F)C(F)(F)O3)c(=NS(C)(=O)=O)s1. The van der Waals surface area contributed by atoms with Gasteiger partial charge in [-0.1, -0.05) is 0 Å². The average molecular weight is 398 g/mol. The molecule has 0 fully saturated rings. The predicted molar refractivity (Wildman–Crippen MR) is 79.9 cm³/mol. The van der Waals surface area contributed by atoms with E-state index in [0.717, 1.165) is 29.7 Å². The molecule has 0 aliphatic carbocycles. The third-order valence-electron chi connectivity index (χ3n) is 3.03. The van der Waals surface area contributed by atoms with E-state index in [0.29, 0.717) is 4.88 Å². The van der Waals surface area contributed by atoms with Crippen molar-refractivity contribution in [3.05, 3.63) is 34.1 Å². The van der Waals surface area contributed by atoms with Crippen molar-refractivity contribution in [2.45, 2.75) is 19.1 Å². The second-order valence-electron chi connectivity index (χ2n) is 5.19. The van der Waals surface area contributed by atoms with Crippen LogP contribution >= 0.6 is 11.3 Å². The van der Waals surface area contributed by atoms with Gasteiger partial charge < -0.3 is 9.47 Å². The first-order chi connectivity index (χ1) is 11.4. The summed E-state index contributed by atoms with van der Waals surface area (Å²) in [5, 5.41) is 0. The Bertz CT molecular complexity index is 1010. The summed E-state index contributed by atoms with van der Waals surface area (Å²) in [6, 6.07) is 3.35. The maximum absolute atomic E-state index is 13.3. The average Bonchev–Trinajstić information content (AvgIpc) is 2.77. The van der Waals surface area contributed by atoms with Crippen LogP contribution < -0.4 is 14.3 Å². The highest BCUT2D eigenvalue weighted by atomic mass is 32.2. The van der Waals surface area contributed by atoms with Gasteiger partial charge in [-0.15, -0.1) is 15.7 Å². The lowest BCUT2D eigenvalue weighted by molar-refractivity contribution is -0.391. The Hall–Kier alpha value is -2.08. The fraction of sp³-hybridized carbons (Fsp3) is 0.308. The molecule has 0 atom stereocenters. The molecule has 1 aromatic heterocycles. The van der Waals surface area contributed by atoms with Gasteiger partial charge in [0.2, 0.25) is 4.80 Å². The molecule has 25 heavy (non-hydrogen) atoms. The number of thiazole rings is 1. The van der Waals surface area contributed by atoms with Crippen LogP contribution in [-0.2, 0) is 10.0 Å². The number of hydrogen-bond acceptors (Lipinski definition) is 5. The summed E-state index contributed by atoms with van der Waals surface area (Å²) in [4.78, 5) is 0.753. The summed E-state index contributed by atoms with van der Waals surface area (Å²) >= 11 is 1.05. The molecule has 0 N–H and O–H groups in total. The molecule has 0 radical (unpaired) electrons. The van der Waals surface area contributed by atoms with Crippen molar-refractivity contribution in [1.82, 2.24) is 4.57 Å². The summed E-state index contributed by atoms with van der Waals surface area (Å²) in [5.74, 6) is -1.16. The number of nitrogens with zero attached hydrogens (tertiary/aromatic N) is 2. The van der Waals surface area contributed by atoms with Gasteiger partial charge in [-0.05, 0) is 19.1 Å². The third-order valence-corrected chi connectivity index (χ3v) is 4.55. The van der Waals surface area contributed by atoms with Gasteiger partial charge in [-0.2, -0.15) is 17.6 Å². The number of ether oxygens (including phenoxy) is 2. The molecule has 12 heteroatoms. The van der Waals surface area contributed by atoms with E-state index < -0.39 is 33.7 Å². The van der Waals surface area contributed by atoms with Crippen LogP contribution in [0.4, 0.5) is 17.6 Å². The summed E-state index contributed by atoms with van der Waals surface area (Å²) in [7, 11) is -3.71. The molecule has 136 valence electrons. The van der Waals surface area contributed by atoms with Crippen LogP contribution in [0.25, 0.3) is 5.69 Å². The molecular formula is C13H10F4N2O4S2. The highest BCUT2D eigenvalue weighted by molar-refractivity contribution is 7.89. The lowest BCUT2D eigenvalue weighted by Crippen LogP contribution is -2.52. The normalized spacial score (nSPS) is 19.0. The van der Waals surface area contributed by atoms with E-state index in [4.69, 9.17) is 0 Å². The fourth-order valence-corrected chi connectivity index (χ4v) is 3.68. The number of alkyl halides is 4. The standard InChI is InChI=1S/C13H10F4N2O4S2/c1-7-6-19(11(24-7)18-25(2,20)21)8-3-4-9-10(5-8)23-13(16,17)12(14,15)22-9/h3-6H,1-2H3. The molecule has 0 unspecified atom stereocenters. The highest BCUT2D eigenvalue weighted by Gasteiger charge is 2.65. The van der Waals surface area contributed by atoms with Gasteiger partial charge >= 0.3 is 12.2 Å². The minimum Gasteiger partial charge on any atom is -0.421 e. The topological polar surface area (TPSA) is 69.9 Å². The number of aryl methyl sites for hydroxylation is 1. The van der Waals surface area contributed by atoms with Gasteiger partial charge in [-0.3, -0.25) is 4.57 Å². The quantitative estimate of drug-likeness (QED) is 0.730. The molecule has 0 spiro atoms. The van der Waals surface area contributed by atoms with Gasteiger partial charge in [-0.25, -0.2) is 8.42 Å². The van der Waals surface area contributed by atoms with Gasteiger partial charge in [0.1, 0.15) is 0 Å². The summed E-state index contributed by atoms with van der Waals surface area (Å²) in [6.45, 7) is 1.69. The van der Waals surface area contributed by atoms with Gasteiger partial charge in [0, 0.05) is 17.1 Å². The first-order valence-corrected chi connectivity index (χ1v) is 9.28. The van der Waals surface area contributed by atoms with Crippen molar-refractivity contribution < 1.29 is 35.5 Å². The van der Waals surface area contributed by atoms with Gasteiger partial charge in [0.25, 0.3) is 10.0 Å². The Kier molecular flexibility index (Phi) is 3.87. The Balaban J connectivity index is 2.13. The molecule has 0 saturated carbocycles. The minimum absolute atomic E-state index is 0.0637. The molecule has 1 aliphatic heterocycles. The molecule has 0 saturated heterocycles. The van der Waals surface area contributed by atoms with Gasteiger partial charge in [0.15, 0.2) is 11.5 Å². The van der Waals surface area contributed by atoms with E-state index in [1.165, 1.54) is 16.8 Å². The van der Waals surface area contributed by atoms with Crippen molar-refractivity contribution in [2.75, 3.05) is 6.26 Å². The number of hydrogen-bond donors (Lipinski definition) is 0. The van der Waals surface area contributed by atoms with E-state index >= 15 is 0 Å². The molecule has 6 nitrogen and oxygen atoms in total. The van der Waals surface area contributed by atoms with Crippen LogP contribution in [0.1, 0.15) is 4.88 Å². The van der Waals surface area contributed by atoms with Crippen LogP contribution in [0, 0.1) is 6.92 Å². The lowest BCUT2D eigenvalue weighted by atomic mass is 10.2. The molecule has 1 aromatic carbocycles. The largest absolute Gasteiger partial charge is 0.507 e. The second kappa shape index (κ2) is 5.46. The van der Waals surface area contributed by atoms with Crippen LogP contribution in [0.5, 0.6) is 11.5 Å². The predicted octanol–water partition coefficient (Wildman–Crippen LogP) is 2.66. The number of aromatic nitrogens is 1. The first kappa shape index (κ1) is 17.7. The van der Waals surface area contributed by atoms with Crippen molar-refractivity contribution in [3.8, 4) is 17.2 Å². The number of rotatable bonds is 2. The number of fused-ring (bicyclic) bond motifs is 1. The summed E-state index contributed by atoms with van der Waals surface area (Å²) in [5.41, 5.74) is 0.190. The molecule has 3 rings (SSSR count). The number of halogens is 4. The Morgan fingerprint density at radius 3 is 2.32 bits per heavy atom. The van der Waals surface area contributed by atoms with Crippen LogP contribution in [0.15, 0.2) is 28.8 Å². The first-order valence-electron chi connectivity index (χ1n) is 6.61. The van der Waals surface area contributed by atoms with Crippen molar-refractivity contribution >= 4 is 21.4 Å². The highest BCUT2D eigenvalue weighted by Crippen LogP contribution is 2.47. The zero-order valence-corrected chi connectivity index (χ0v) is 14.3. The monoisotopic (exact) mass is 398 g/mol. The van der Waals surface area contributed by atoms with Crippen LogP contribution in [0.2, 0.25) is 0 Å². The molecule has 0 amide bonds. The number of benzene rings is 1. The smallest absolute Gasteiger partial charge is 0.421 e. The summed E-state index contributed by atoms with van der Waals surface area (Å²) in [6.07, 6.45) is -7.22. The summed E-state index contributed by atoms with van der Waals surface area (Å²) < 4.78 is 88.6. The Morgan fingerprint density at radius 2 is 1.72 bits per heavy atom. The van der Waals surface area contributed by atoms with E-state index in [9.17, 15) is 26.0 Å². The maximum atomic E-state index is 13.3. The third kappa shape index (κ3) is 3.35. The zero-order valence-electron chi connectivity index (χ0n) is 12.7. The molecule has 2 aromatic rings. The molecular weight excluding hydrogens is 388 g/mol. The maximum Gasteiger partial charge on any atom is 0.507 e. The van der Waals surface area contributed by atoms with E-state index in [-0.39, 0.29) is 10.5 Å². The van der Waals surface area contributed by atoms with Crippen LogP contribution in [0.3, 0.4) is 0 Å². The van der Waals surface area contributed by atoms with Crippen LogP contribution in [-0.4, -0.2) is 31.5 Å². The van der Waals surface area contributed by atoms with Crippen molar-refractivity contribution in [3.63, 3.8) is 0 Å². The van der Waals surface area contributed by atoms with Gasteiger partial charge in [0.05, 0.1) is 11.9 Å². The second-order valence-corrected chi connectivity index (χ2v) is 8.05. The minimum atomic E-state index is -4.84. The molecule has 2 heterocycles. The zero-order chi connectivity index (χ0) is 18.6. The van der Waals surface area contributed by atoms with E-state index in [2.05, 4.69) is 13.9 Å². The Labute approximate surface area is 143 Å². The van der Waals surface area contributed by atoms with Crippen molar-refractivity contribution in [2.24, 2.45) is 4.40 Å². The molecule has 1 aliphatic rings. The lowest BCUT2D eigenvalue weighted by Gasteiger charge is -2.31. The number of sulfonamides is 1.